The number of methoxy groups -OCH3 is 1. The van der Waals surface area contributed by atoms with Gasteiger partial charge in [-0.15, -0.1) is 0 Å². The summed E-state index contributed by atoms with van der Waals surface area (Å²) in [4.78, 5) is 17.8. The standard InChI is InChI=1S/C30H40N4O2/c1-22(2)33(29(35)18-30(3,4)5)21-25-24-20-32(19-23-12-8-7-9-13-23)17-16-26(24)34(31-25)27-14-10-11-15-28(27)36-6/h7-15,22H,16-21H2,1-6H3. The maximum Gasteiger partial charge on any atom is 0.223 e. The van der Waals surface area contributed by atoms with Crippen LogP contribution in [0.15, 0.2) is 54.6 Å². The third kappa shape index (κ3) is 5.98. The summed E-state index contributed by atoms with van der Waals surface area (Å²) >= 11 is 0. The molecule has 192 valence electrons. The summed E-state index contributed by atoms with van der Waals surface area (Å²) in [7, 11) is 1.70. The van der Waals surface area contributed by atoms with Crippen molar-refractivity contribution < 1.29 is 9.53 Å². The highest BCUT2D eigenvalue weighted by Crippen LogP contribution is 2.31. The molecule has 1 amide bonds. The zero-order valence-electron chi connectivity index (χ0n) is 22.6. The fourth-order valence-electron chi connectivity index (χ4n) is 4.92. The minimum atomic E-state index is -0.0626. The SMILES string of the molecule is COc1ccccc1-n1nc(CN(C(=O)CC(C)(C)C)C(C)C)c2c1CCN(Cc1ccccc1)C2. The van der Waals surface area contributed by atoms with E-state index in [1.165, 1.54) is 16.8 Å². The van der Waals surface area contributed by atoms with Crippen molar-refractivity contribution in [1.82, 2.24) is 19.6 Å². The van der Waals surface area contributed by atoms with Crippen LogP contribution in [0.5, 0.6) is 5.75 Å². The van der Waals surface area contributed by atoms with Gasteiger partial charge in [0.15, 0.2) is 0 Å². The Labute approximate surface area is 215 Å². The summed E-state index contributed by atoms with van der Waals surface area (Å²) < 4.78 is 7.73. The van der Waals surface area contributed by atoms with Crippen molar-refractivity contribution in [2.24, 2.45) is 5.41 Å². The molecule has 1 aliphatic rings. The number of carbonyl (C=O) groups is 1. The first-order valence-electron chi connectivity index (χ1n) is 12.9. The molecule has 0 saturated heterocycles. The molecule has 1 aromatic heterocycles. The van der Waals surface area contributed by atoms with E-state index in [1.54, 1.807) is 7.11 Å². The summed E-state index contributed by atoms with van der Waals surface area (Å²) in [6, 6.07) is 18.7. The molecule has 0 spiro atoms. The van der Waals surface area contributed by atoms with E-state index in [-0.39, 0.29) is 17.4 Å². The van der Waals surface area contributed by atoms with Gasteiger partial charge in [-0.2, -0.15) is 5.10 Å². The van der Waals surface area contributed by atoms with Crippen molar-refractivity contribution in [1.29, 1.82) is 0 Å². The van der Waals surface area contributed by atoms with Crippen molar-refractivity contribution in [2.75, 3.05) is 13.7 Å². The molecule has 36 heavy (non-hydrogen) atoms. The van der Waals surface area contributed by atoms with Crippen molar-refractivity contribution in [3.63, 3.8) is 0 Å². The number of hydrogen-bond donors (Lipinski definition) is 0. The van der Waals surface area contributed by atoms with Gasteiger partial charge in [0.1, 0.15) is 11.4 Å². The lowest BCUT2D eigenvalue weighted by Crippen LogP contribution is -2.39. The minimum Gasteiger partial charge on any atom is -0.494 e. The summed E-state index contributed by atoms with van der Waals surface area (Å²) in [6.45, 7) is 13.7. The average Bonchev–Trinajstić information content (AvgIpc) is 3.19. The Morgan fingerprint density at radius 1 is 1.08 bits per heavy atom. The Hall–Kier alpha value is -3.12. The van der Waals surface area contributed by atoms with Crippen LogP contribution in [0, 0.1) is 5.41 Å². The Morgan fingerprint density at radius 2 is 1.78 bits per heavy atom. The van der Waals surface area contributed by atoms with Gasteiger partial charge in [-0.25, -0.2) is 4.68 Å². The van der Waals surface area contributed by atoms with E-state index in [1.807, 2.05) is 23.1 Å². The van der Waals surface area contributed by atoms with Crippen LogP contribution in [0.25, 0.3) is 5.69 Å². The fourth-order valence-corrected chi connectivity index (χ4v) is 4.92. The summed E-state index contributed by atoms with van der Waals surface area (Å²) in [5.41, 5.74) is 5.61. The molecule has 0 aliphatic carbocycles. The normalized spacial score (nSPS) is 14.1. The zero-order valence-corrected chi connectivity index (χ0v) is 22.6. The predicted molar refractivity (Wildman–Crippen MR) is 144 cm³/mol. The Kier molecular flexibility index (Phi) is 7.84. The van der Waals surface area contributed by atoms with Crippen molar-refractivity contribution in [3.8, 4) is 11.4 Å². The zero-order chi connectivity index (χ0) is 25.9. The molecular weight excluding hydrogens is 448 g/mol. The van der Waals surface area contributed by atoms with Crippen LogP contribution >= 0.6 is 0 Å². The van der Waals surface area contributed by atoms with E-state index in [4.69, 9.17) is 9.84 Å². The summed E-state index contributed by atoms with van der Waals surface area (Å²) in [6.07, 6.45) is 1.41. The number of carbonyl (C=O) groups excluding carboxylic acids is 1. The van der Waals surface area contributed by atoms with E-state index in [0.717, 1.165) is 43.2 Å². The molecule has 0 unspecified atom stereocenters. The maximum absolute atomic E-state index is 13.3. The molecule has 0 N–H and O–H groups in total. The molecule has 1 aliphatic heterocycles. The third-order valence-electron chi connectivity index (χ3n) is 6.73. The van der Waals surface area contributed by atoms with Gasteiger partial charge >= 0.3 is 0 Å². The number of rotatable bonds is 8. The number of ether oxygens (including phenoxy) is 1. The molecule has 6 nitrogen and oxygen atoms in total. The van der Waals surface area contributed by atoms with Crippen LogP contribution in [-0.4, -0.2) is 45.2 Å². The minimum absolute atomic E-state index is 0.0626. The maximum atomic E-state index is 13.3. The van der Waals surface area contributed by atoms with E-state index in [9.17, 15) is 4.79 Å². The molecule has 0 atom stereocenters. The largest absolute Gasteiger partial charge is 0.494 e. The van der Waals surface area contributed by atoms with Crippen LogP contribution in [-0.2, 0) is 30.8 Å². The number of benzene rings is 2. The van der Waals surface area contributed by atoms with Crippen LogP contribution in [0.4, 0.5) is 0 Å². The average molecular weight is 489 g/mol. The molecule has 0 saturated carbocycles. The van der Waals surface area contributed by atoms with Gasteiger partial charge in [-0.1, -0.05) is 63.2 Å². The van der Waals surface area contributed by atoms with Crippen molar-refractivity contribution in [3.05, 3.63) is 77.1 Å². The van der Waals surface area contributed by atoms with Crippen LogP contribution < -0.4 is 4.74 Å². The lowest BCUT2D eigenvalue weighted by molar-refractivity contribution is -0.135. The van der Waals surface area contributed by atoms with Gasteiger partial charge in [0.25, 0.3) is 0 Å². The molecule has 0 fully saturated rings. The number of nitrogens with zero attached hydrogens (tertiary/aromatic N) is 4. The van der Waals surface area contributed by atoms with Gasteiger partial charge in [0, 0.05) is 44.1 Å². The molecule has 3 aromatic rings. The Bertz CT molecular complexity index is 1180. The molecule has 0 bridgehead atoms. The Balaban J connectivity index is 1.71. The summed E-state index contributed by atoms with van der Waals surface area (Å²) in [5, 5.41) is 5.13. The second-order valence-electron chi connectivity index (χ2n) is 11.3. The lowest BCUT2D eigenvalue weighted by Gasteiger charge is -2.31. The third-order valence-corrected chi connectivity index (χ3v) is 6.73. The first-order chi connectivity index (χ1) is 17.2. The van der Waals surface area contributed by atoms with Crippen LogP contribution in [0.1, 0.15) is 63.6 Å². The van der Waals surface area contributed by atoms with Gasteiger partial charge in [0.2, 0.25) is 5.91 Å². The Morgan fingerprint density at radius 3 is 2.44 bits per heavy atom. The van der Waals surface area contributed by atoms with Crippen molar-refractivity contribution >= 4 is 5.91 Å². The number of aromatic nitrogens is 2. The predicted octanol–water partition coefficient (Wildman–Crippen LogP) is 5.61. The lowest BCUT2D eigenvalue weighted by atomic mass is 9.91. The highest BCUT2D eigenvalue weighted by molar-refractivity contribution is 5.77. The van der Waals surface area contributed by atoms with E-state index < -0.39 is 0 Å². The molecular formula is C30H40N4O2. The van der Waals surface area contributed by atoms with Crippen LogP contribution in [0.2, 0.25) is 0 Å². The van der Waals surface area contributed by atoms with Gasteiger partial charge in [-0.05, 0) is 37.0 Å². The molecule has 2 aromatic carbocycles. The second-order valence-corrected chi connectivity index (χ2v) is 11.3. The first kappa shape index (κ1) is 26.0. The monoisotopic (exact) mass is 488 g/mol. The topological polar surface area (TPSA) is 50.6 Å². The number of fused-ring (bicyclic) bond motifs is 1. The smallest absolute Gasteiger partial charge is 0.223 e. The highest BCUT2D eigenvalue weighted by Gasteiger charge is 2.30. The molecule has 2 heterocycles. The highest BCUT2D eigenvalue weighted by atomic mass is 16.5. The van der Waals surface area contributed by atoms with Gasteiger partial charge in [-0.3, -0.25) is 9.69 Å². The fraction of sp³-hybridized carbons (Fsp3) is 0.467. The van der Waals surface area contributed by atoms with E-state index >= 15 is 0 Å². The second kappa shape index (κ2) is 10.9. The molecule has 0 radical (unpaired) electrons. The van der Waals surface area contributed by atoms with Gasteiger partial charge in [0.05, 0.1) is 25.0 Å². The van der Waals surface area contributed by atoms with Crippen LogP contribution in [0.3, 0.4) is 0 Å². The molecule has 6 heteroatoms. The van der Waals surface area contributed by atoms with E-state index in [0.29, 0.717) is 13.0 Å². The summed E-state index contributed by atoms with van der Waals surface area (Å²) in [5.74, 6) is 0.973. The quantitative estimate of drug-likeness (QED) is 0.413. The number of hydrogen-bond acceptors (Lipinski definition) is 4. The van der Waals surface area contributed by atoms with E-state index in [2.05, 4.69) is 80.6 Å². The number of amides is 1. The number of para-hydroxylation sites is 2. The molecule has 4 rings (SSSR count). The van der Waals surface area contributed by atoms with Crippen molar-refractivity contribution in [2.45, 2.75) is 73.1 Å². The first-order valence-corrected chi connectivity index (χ1v) is 12.9. The van der Waals surface area contributed by atoms with Gasteiger partial charge < -0.3 is 9.64 Å².